The second-order valence-corrected chi connectivity index (χ2v) is 6.19. The lowest BCUT2D eigenvalue weighted by molar-refractivity contribution is 0.0740. The lowest BCUT2D eigenvalue weighted by Gasteiger charge is -2.17. The van der Waals surface area contributed by atoms with Gasteiger partial charge in [0, 0.05) is 31.4 Å². The highest BCUT2D eigenvalue weighted by Crippen LogP contribution is 2.20. The Balaban J connectivity index is 3.07. The Morgan fingerprint density at radius 3 is 2.56 bits per heavy atom. The summed E-state index contributed by atoms with van der Waals surface area (Å²) in [7, 11) is 4.45. The molecule has 0 bridgehead atoms. The van der Waals surface area contributed by atoms with Crippen LogP contribution in [0.1, 0.15) is 10.4 Å². The van der Waals surface area contributed by atoms with E-state index in [1.54, 1.807) is 13.1 Å². The van der Waals surface area contributed by atoms with Crippen molar-refractivity contribution in [3.8, 4) is 0 Å². The third-order valence-electron chi connectivity index (χ3n) is 2.36. The Hall–Kier alpha value is -1.11. The highest BCUT2D eigenvalue weighted by molar-refractivity contribution is 8.13. The van der Waals surface area contributed by atoms with Gasteiger partial charge in [-0.25, -0.2) is 8.42 Å². The van der Waals surface area contributed by atoms with Crippen LogP contribution in [0.5, 0.6) is 0 Å². The van der Waals surface area contributed by atoms with Crippen LogP contribution in [0.25, 0.3) is 0 Å². The molecule has 5 nitrogen and oxygen atoms in total. The Kier molecular flexibility index (Phi) is 5.13. The van der Waals surface area contributed by atoms with Crippen LogP contribution in [-0.4, -0.2) is 46.5 Å². The minimum absolute atomic E-state index is 0.0612. The highest BCUT2D eigenvalue weighted by Gasteiger charge is 2.21. The summed E-state index contributed by atoms with van der Waals surface area (Å²) in [5.41, 5.74) is 0.0612. The number of rotatable bonds is 5. The van der Waals surface area contributed by atoms with Crippen LogP contribution < -0.4 is 0 Å². The highest BCUT2D eigenvalue weighted by atomic mass is 35.7. The molecule has 0 heterocycles. The molecule has 18 heavy (non-hydrogen) atoms. The van der Waals surface area contributed by atoms with E-state index in [1.807, 2.05) is 0 Å². The molecule has 0 aliphatic rings. The van der Waals surface area contributed by atoms with Gasteiger partial charge in [0.1, 0.15) is 0 Å². The van der Waals surface area contributed by atoms with Crippen LogP contribution in [0.2, 0.25) is 0 Å². The largest absolute Gasteiger partial charge is 0.383 e. The fraction of sp³-hybridized carbons (Fsp3) is 0.364. The van der Waals surface area contributed by atoms with Crippen molar-refractivity contribution < 1.29 is 17.9 Å². The van der Waals surface area contributed by atoms with E-state index in [-0.39, 0.29) is 10.5 Å². The Morgan fingerprint density at radius 2 is 2.00 bits per heavy atom. The standard InChI is InChI=1S/C11H14ClNO4S/c1-13(7-8-17-2)11(14)9-5-3-4-6-10(9)18(12,15)16/h3-6H,7-8H2,1-2H3. The van der Waals surface area contributed by atoms with E-state index in [2.05, 4.69) is 0 Å². The van der Waals surface area contributed by atoms with Gasteiger partial charge in [0.05, 0.1) is 17.1 Å². The molecule has 0 aromatic heterocycles. The van der Waals surface area contributed by atoms with E-state index >= 15 is 0 Å². The number of amides is 1. The maximum Gasteiger partial charge on any atom is 0.262 e. The zero-order valence-corrected chi connectivity index (χ0v) is 11.7. The number of hydrogen-bond acceptors (Lipinski definition) is 4. The average molecular weight is 292 g/mol. The quantitative estimate of drug-likeness (QED) is 0.768. The minimum Gasteiger partial charge on any atom is -0.383 e. The molecule has 0 fully saturated rings. The van der Waals surface area contributed by atoms with Crippen molar-refractivity contribution in [2.24, 2.45) is 0 Å². The first-order valence-electron chi connectivity index (χ1n) is 5.16. The number of carbonyl (C=O) groups is 1. The zero-order valence-electron chi connectivity index (χ0n) is 10.1. The number of ether oxygens (including phenoxy) is 1. The molecule has 0 atom stereocenters. The third-order valence-corrected chi connectivity index (χ3v) is 3.74. The minimum atomic E-state index is -3.94. The van der Waals surface area contributed by atoms with Gasteiger partial charge in [-0.1, -0.05) is 12.1 Å². The summed E-state index contributed by atoms with van der Waals surface area (Å²) < 4.78 is 27.6. The van der Waals surface area contributed by atoms with E-state index in [9.17, 15) is 13.2 Å². The summed E-state index contributed by atoms with van der Waals surface area (Å²) in [6.07, 6.45) is 0. The van der Waals surface area contributed by atoms with Gasteiger partial charge in [0.25, 0.3) is 15.0 Å². The summed E-state index contributed by atoms with van der Waals surface area (Å²) in [5.74, 6) is -0.410. The van der Waals surface area contributed by atoms with Gasteiger partial charge < -0.3 is 9.64 Å². The SMILES string of the molecule is COCCN(C)C(=O)c1ccccc1S(=O)(=O)Cl. The molecule has 1 aromatic rings. The monoisotopic (exact) mass is 291 g/mol. The molecular weight excluding hydrogens is 278 g/mol. The molecule has 0 unspecified atom stereocenters. The number of likely N-dealkylation sites (N-methyl/N-ethyl adjacent to an activating group) is 1. The Labute approximate surface area is 111 Å². The van der Waals surface area contributed by atoms with Crippen LogP contribution in [0.4, 0.5) is 0 Å². The van der Waals surface area contributed by atoms with Crippen LogP contribution in [0.3, 0.4) is 0 Å². The zero-order chi connectivity index (χ0) is 13.8. The molecule has 0 N–H and O–H groups in total. The number of carbonyl (C=O) groups excluding carboxylic acids is 1. The molecule has 0 radical (unpaired) electrons. The van der Waals surface area contributed by atoms with Crippen molar-refractivity contribution in [3.63, 3.8) is 0 Å². The Morgan fingerprint density at radius 1 is 1.39 bits per heavy atom. The van der Waals surface area contributed by atoms with Gasteiger partial charge in [0.2, 0.25) is 0 Å². The summed E-state index contributed by atoms with van der Waals surface area (Å²) >= 11 is 0. The van der Waals surface area contributed by atoms with Gasteiger partial charge in [-0.15, -0.1) is 0 Å². The first-order chi connectivity index (χ1) is 8.38. The first-order valence-corrected chi connectivity index (χ1v) is 7.47. The lowest BCUT2D eigenvalue weighted by atomic mass is 10.2. The maximum absolute atomic E-state index is 12.1. The smallest absolute Gasteiger partial charge is 0.262 e. The molecule has 1 amide bonds. The van der Waals surface area contributed by atoms with Gasteiger partial charge in [-0.2, -0.15) is 0 Å². The van der Waals surface area contributed by atoms with E-state index in [0.717, 1.165) is 0 Å². The third kappa shape index (κ3) is 3.69. The summed E-state index contributed by atoms with van der Waals surface area (Å²) in [5, 5.41) is 0. The van der Waals surface area contributed by atoms with Crippen molar-refractivity contribution in [1.82, 2.24) is 4.90 Å². The van der Waals surface area contributed by atoms with Crippen LogP contribution in [-0.2, 0) is 13.8 Å². The fourth-order valence-corrected chi connectivity index (χ4v) is 2.45. The number of halogens is 1. The molecule has 0 aliphatic heterocycles. The van der Waals surface area contributed by atoms with Crippen molar-refractivity contribution >= 4 is 25.6 Å². The van der Waals surface area contributed by atoms with Crippen LogP contribution in [0.15, 0.2) is 29.2 Å². The molecule has 1 rings (SSSR count). The van der Waals surface area contributed by atoms with E-state index in [1.165, 1.54) is 30.2 Å². The number of nitrogens with zero attached hydrogens (tertiary/aromatic N) is 1. The first kappa shape index (κ1) is 14.9. The lowest BCUT2D eigenvalue weighted by Crippen LogP contribution is -2.30. The topological polar surface area (TPSA) is 63.7 Å². The predicted molar refractivity (Wildman–Crippen MR) is 68.3 cm³/mol. The maximum atomic E-state index is 12.1. The predicted octanol–water partition coefficient (Wildman–Crippen LogP) is 1.33. The molecule has 0 saturated carbocycles. The van der Waals surface area contributed by atoms with Crippen molar-refractivity contribution in [2.75, 3.05) is 27.3 Å². The van der Waals surface area contributed by atoms with Crippen LogP contribution in [0, 0.1) is 0 Å². The molecule has 100 valence electrons. The average Bonchev–Trinajstić information content (AvgIpc) is 2.34. The summed E-state index contributed by atoms with van der Waals surface area (Å²) in [6, 6.07) is 5.84. The molecule has 0 saturated heterocycles. The molecular formula is C11H14ClNO4S. The van der Waals surface area contributed by atoms with Crippen LogP contribution >= 0.6 is 10.7 Å². The summed E-state index contributed by atoms with van der Waals surface area (Å²) in [6.45, 7) is 0.740. The molecule has 0 spiro atoms. The van der Waals surface area contributed by atoms with Gasteiger partial charge in [0.15, 0.2) is 0 Å². The molecule has 7 heteroatoms. The normalized spacial score (nSPS) is 11.3. The summed E-state index contributed by atoms with van der Waals surface area (Å²) in [4.78, 5) is 13.3. The second kappa shape index (κ2) is 6.17. The second-order valence-electron chi connectivity index (χ2n) is 3.65. The Bertz CT molecular complexity index is 530. The van der Waals surface area contributed by atoms with E-state index in [0.29, 0.717) is 13.2 Å². The van der Waals surface area contributed by atoms with Gasteiger partial charge in [-0.3, -0.25) is 4.79 Å². The number of methoxy groups -OCH3 is 1. The van der Waals surface area contributed by atoms with Crippen molar-refractivity contribution in [3.05, 3.63) is 29.8 Å². The van der Waals surface area contributed by atoms with Crippen molar-refractivity contribution in [2.45, 2.75) is 4.90 Å². The van der Waals surface area contributed by atoms with E-state index < -0.39 is 15.0 Å². The van der Waals surface area contributed by atoms with Crippen molar-refractivity contribution in [1.29, 1.82) is 0 Å². The van der Waals surface area contributed by atoms with Gasteiger partial charge >= 0.3 is 0 Å². The van der Waals surface area contributed by atoms with Gasteiger partial charge in [-0.05, 0) is 12.1 Å². The molecule has 0 aliphatic carbocycles. The molecule has 1 aromatic carbocycles. The number of benzene rings is 1. The number of hydrogen-bond donors (Lipinski definition) is 0. The van der Waals surface area contributed by atoms with E-state index in [4.69, 9.17) is 15.4 Å². The fourth-order valence-electron chi connectivity index (χ4n) is 1.39.